The van der Waals surface area contributed by atoms with Crippen LogP contribution in [-0.4, -0.2) is 36.7 Å². The summed E-state index contributed by atoms with van der Waals surface area (Å²) in [5.74, 6) is 0.0578. The molecular weight excluding hydrogens is 370 g/mol. The van der Waals surface area contributed by atoms with Crippen molar-refractivity contribution in [3.8, 4) is 11.5 Å². The highest BCUT2D eigenvalue weighted by atomic mass is 35.5. The molecule has 7 heteroatoms. The van der Waals surface area contributed by atoms with Crippen LogP contribution in [0.25, 0.3) is 0 Å². The average molecular weight is 398 g/mol. The molecule has 1 amide bonds. The van der Waals surface area contributed by atoms with Crippen LogP contribution in [0, 0.1) is 11.8 Å². The first kappa shape index (κ1) is 21.4. The van der Waals surface area contributed by atoms with Crippen molar-refractivity contribution in [2.24, 2.45) is 11.8 Å². The van der Waals surface area contributed by atoms with Crippen LogP contribution in [0.3, 0.4) is 0 Å². The topological polar surface area (TPSA) is 84.9 Å². The Bertz CT molecular complexity index is 669. The number of hydrogen-bond acceptors (Lipinski definition) is 4. The Morgan fingerprint density at radius 3 is 2.48 bits per heavy atom. The van der Waals surface area contributed by atoms with E-state index in [-0.39, 0.29) is 17.9 Å². The largest absolute Gasteiger partial charge is 0.493 e. The minimum atomic E-state index is -0.760. The fourth-order valence-corrected chi connectivity index (χ4v) is 3.41. The number of benzene rings is 1. The molecule has 0 radical (unpaired) electrons. The molecule has 2 rings (SSSR count). The van der Waals surface area contributed by atoms with Gasteiger partial charge in [-0.3, -0.25) is 9.59 Å². The van der Waals surface area contributed by atoms with Crippen LogP contribution in [0.5, 0.6) is 11.5 Å². The lowest BCUT2D eigenvalue weighted by atomic mass is 9.86. The molecule has 2 N–H and O–H groups in total. The highest BCUT2D eigenvalue weighted by Crippen LogP contribution is 2.37. The predicted octanol–water partition coefficient (Wildman–Crippen LogP) is 4.15. The van der Waals surface area contributed by atoms with E-state index in [0.717, 1.165) is 6.42 Å². The maximum Gasteiger partial charge on any atom is 0.306 e. The minimum Gasteiger partial charge on any atom is -0.493 e. The number of aliphatic carboxylic acids is 1. The Morgan fingerprint density at radius 2 is 1.93 bits per heavy atom. The zero-order valence-electron chi connectivity index (χ0n) is 16.1. The van der Waals surface area contributed by atoms with Gasteiger partial charge < -0.3 is 19.9 Å². The van der Waals surface area contributed by atoms with Crippen molar-refractivity contribution in [1.29, 1.82) is 0 Å². The maximum atomic E-state index is 12.6. The Hall–Kier alpha value is -1.95. The summed E-state index contributed by atoms with van der Waals surface area (Å²) < 4.78 is 11.1. The van der Waals surface area contributed by atoms with Gasteiger partial charge >= 0.3 is 5.97 Å². The fraction of sp³-hybridized carbons (Fsp3) is 0.600. The lowest BCUT2D eigenvalue weighted by Crippen LogP contribution is -2.38. The van der Waals surface area contributed by atoms with Crippen LogP contribution in [0.4, 0.5) is 0 Å². The molecule has 1 aromatic rings. The first-order chi connectivity index (χ1) is 12.8. The lowest BCUT2D eigenvalue weighted by Gasteiger charge is -2.27. The zero-order valence-corrected chi connectivity index (χ0v) is 16.8. The third-order valence-corrected chi connectivity index (χ3v) is 5.13. The molecule has 0 heterocycles. The molecule has 0 atom stereocenters. The third-order valence-electron chi connectivity index (χ3n) is 4.84. The summed E-state index contributed by atoms with van der Waals surface area (Å²) in [6, 6.07) is 3.17. The van der Waals surface area contributed by atoms with Crippen LogP contribution in [0.2, 0.25) is 5.02 Å². The number of hydrogen-bond donors (Lipinski definition) is 2. The quantitative estimate of drug-likeness (QED) is 0.688. The van der Waals surface area contributed by atoms with Gasteiger partial charge in [0.1, 0.15) is 0 Å². The number of carboxylic acids is 1. The second-order valence-corrected chi connectivity index (χ2v) is 7.79. The van der Waals surface area contributed by atoms with Crippen molar-refractivity contribution in [2.75, 3.05) is 13.7 Å². The molecule has 1 aliphatic carbocycles. The minimum absolute atomic E-state index is 0.0279. The van der Waals surface area contributed by atoms with Crippen LogP contribution in [-0.2, 0) is 4.79 Å². The smallest absolute Gasteiger partial charge is 0.306 e. The molecule has 1 aliphatic rings. The molecule has 1 saturated carbocycles. The molecule has 0 unspecified atom stereocenters. The number of amides is 1. The van der Waals surface area contributed by atoms with Crippen molar-refractivity contribution < 1.29 is 24.2 Å². The van der Waals surface area contributed by atoms with Crippen LogP contribution in [0.15, 0.2) is 12.1 Å². The number of halogens is 1. The van der Waals surface area contributed by atoms with E-state index >= 15 is 0 Å². The van der Waals surface area contributed by atoms with Gasteiger partial charge in [-0.15, -0.1) is 0 Å². The van der Waals surface area contributed by atoms with Gasteiger partial charge in [0.05, 0.1) is 24.7 Å². The zero-order chi connectivity index (χ0) is 20.0. The summed E-state index contributed by atoms with van der Waals surface area (Å²) in [4.78, 5) is 23.6. The molecule has 6 nitrogen and oxygen atoms in total. The molecule has 0 saturated heterocycles. The summed E-state index contributed by atoms with van der Waals surface area (Å²) in [5, 5.41) is 12.4. The van der Waals surface area contributed by atoms with Gasteiger partial charge in [0.25, 0.3) is 5.91 Å². The van der Waals surface area contributed by atoms with Gasteiger partial charge in [-0.1, -0.05) is 25.4 Å². The number of rotatable bonds is 8. The number of carbonyl (C=O) groups excluding carboxylic acids is 1. The van der Waals surface area contributed by atoms with E-state index in [2.05, 4.69) is 19.2 Å². The number of carboxylic acid groups (broad SMARTS) is 1. The van der Waals surface area contributed by atoms with E-state index in [1.807, 2.05) is 0 Å². The first-order valence-electron chi connectivity index (χ1n) is 9.35. The van der Waals surface area contributed by atoms with Crippen LogP contribution < -0.4 is 14.8 Å². The predicted molar refractivity (Wildman–Crippen MR) is 104 cm³/mol. The fourth-order valence-electron chi connectivity index (χ4n) is 3.14. The highest BCUT2D eigenvalue weighted by molar-refractivity contribution is 6.32. The molecule has 1 fully saturated rings. The maximum absolute atomic E-state index is 12.6. The molecule has 0 spiro atoms. The molecule has 0 bridgehead atoms. The monoisotopic (exact) mass is 397 g/mol. The van der Waals surface area contributed by atoms with Gasteiger partial charge in [0.2, 0.25) is 0 Å². The van der Waals surface area contributed by atoms with E-state index in [1.165, 1.54) is 7.11 Å². The van der Waals surface area contributed by atoms with Crippen LogP contribution >= 0.6 is 11.6 Å². The average Bonchev–Trinajstić information content (AvgIpc) is 2.62. The number of nitrogens with one attached hydrogen (secondary N) is 1. The van der Waals surface area contributed by atoms with Crippen molar-refractivity contribution >= 4 is 23.5 Å². The summed E-state index contributed by atoms with van der Waals surface area (Å²) in [6.07, 6.45) is 3.36. The van der Waals surface area contributed by atoms with Gasteiger partial charge in [-0.2, -0.15) is 0 Å². The third kappa shape index (κ3) is 6.03. The second kappa shape index (κ2) is 9.83. The molecule has 27 heavy (non-hydrogen) atoms. The number of methoxy groups -OCH3 is 1. The Kier molecular flexibility index (Phi) is 7.78. The van der Waals surface area contributed by atoms with E-state index in [0.29, 0.717) is 60.3 Å². The van der Waals surface area contributed by atoms with Crippen molar-refractivity contribution in [2.45, 2.75) is 52.0 Å². The highest BCUT2D eigenvalue weighted by Gasteiger charge is 2.27. The number of ether oxygens (including phenoxy) is 2. The summed E-state index contributed by atoms with van der Waals surface area (Å²) in [6.45, 7) is 4.74. The first-order valence-corrected chi connectivity index (χ1v) is 9.73. The summed E-state index contributed by atoms with van der Waals surface area (Å²) >= 11 is 6.32. The Balaban J connectivity index is 2.02. The standard InChI is InChI=1S/C20H28ClNO5/c1-12(2)8-9-27-18-16(21)10-14(11-17(18)26-3)19(23)22-15-6-4-13(5-7-15)20(24)25/h10-13,15H,4-9H2,1-3H3,(H,22,23)(H,24,25). The van der Waals surface area contributed by atoms with Gasteiger partial charge in [0.15, 0.2) is 11.5 Å². The molecule has 0 aromatic heterocycles. The SMILES string of the molecule is COc1cc(C(=O)NC2CCC(C(=O)O)CC2)cc(Cl)c1OCCC(C)C. The molecule has 1 aromatic carbocycles. The molecular formula is C20H28ClNO5. The van der Waals surface area contributed by atoms with Crippen molar-refractivity contribution in [3.05, 3.63) is 22.7 Å². The molecule has 0 aliphatic heterocycles. The van der Waals surface area contributed by atoms with E-state index < -0.39 is 5.97 Å². The number of carbonyl (C=O) groups is 2. The van der Waals surface area contributed by atoms with Crippen LogP contribution in [0.1, 0.15) is 56.3 Å². The van der Waals surface area contributed by atoms with Crippen molar-refractivity contribution in [3.63, 3.8) is 0 Å². The van der Waals surface area contributed by atoms with E-state index in [4.69, 9.17) is 26.2 Å². The Labute approximate surface area is 165 Å². The van der Waals surface area contributed by atoms with E-state index in [1.54, 1.807) is 12.1 Å². The summed E-state index contributed by atoms with van der Waals surface area (Å²) in [5.41, 5.74) is 0.397. The van der Waals surface area contributed by atoms with Gasteiger partial charge in [-0.25, -0.2) is 0 Å². The molecule has 150 valence electrons. The lowest BCUT2D eigenvalue weighted by molar-refractivity contribution is -0.142. The van der Waals surface area contributed by atoms with Gasteiger partial charge in [0, 0.05) is 11.6 Å². The Morgan fingerprint density at radius 1 is 1.26 bits per heavy atom. The van der Waals surface area contributed by atoms with Crippen molar-refractivity contribution in [1.82, 2.24) is 5.32 Å². The summed E-state index contributed by atoms with van der Waals surface area (Å²) in [7, 11) is 1.51. The van der Waals surface area contributed by atoms with Gasteiger partial charge in [-0.05, 0) is 50.2 Å². The normalized spacial score (nSPS) is 19.6. The second-order valence-electron chi connectivity index (χ2n) is 7.38. The van der Waals surface area contributed by atoms with E-state index in [9.17, 15) is 9.59 Å².